The molecule has 24 heavy (non-hydrogen) atoms. The van der Waals surface area contributed by atoms with Crippen LogP contribution in [0.15, 0.2) is 48.7 Å². The van der Waals surface area contributed by atoms with Crippen LogP contribution in [0.25, 0.3) is 0 Å². The third-order valence-corrected chi connectivity index (χ3v) is 5.11. The van der Waals surface area contributed by atoms with Crippen molar-refractivity contribution in [2.45, 2.75) is 38.1 Å². The number of nitrogens with one attached hydrogen (secondary N) is 1. The highest BCUT2D eigenvalue weighted by atomic mass is 16.2. The maximum Gasteiger partial charge on any atom is 0.317 e. The number of aromatic nitrogens is 1. The third-order valence-electron chi connectivity index (χ3n) is 5.11. The lowest BCUT2D eigenvalue weighted by Gasteiger charge is -2.41. The van der Waals surface area contributed by atoms with E-state index in [9.17, 15) is 4.79 Å². The molecule has 0 unspecified atom stereocenters. The number of carbonyl (C=O) groups excluding carboxylic acids is 1. The van der Waals surface area contributed by atoms with Crippen LogP contribution < -0.4 is 5.32 Å². The maximum absolute atomic E-state index is 12.5. The van der Waals surface area contributed by atoms with Gasteiger partial charge in [-0.15, -0.1) is 0 Å². The molecule has 1 aliphatic rings. The van der Waals surface area contributed by atoms with Crippen LogP contribution in [0.4, 0.5) is 4.79 Å². The fraction of sp³-hybridized carbons (Fsp3) is 0.400. The number of hydrogen-bond acceptors (Lipinski definition) is 2. The minimum atomic E-state index is -0.0274. The van der Waals surface area contributed by atoms with Crippen LogP contribution in [0.2, 0.25) is 0 Å². The van der Waals surface area contributed by atoms with Crippen LogP contribution in [0.3, 0.4) is 0 Å². The van der Waals surface area contributed by atoms with E-state index in [-0.39, 0.29) is 11.4 Å². The molecule has 0 bridgehead atoms. The van der Waals surface area contributed by atoms with Gasteiger partial charge < -0.3 is 10.2 Å². The largest absolute Gasteiger partial charge is 0.337 e. The SMILES string of the molecule is Cc1ccccc1CN(C)C(=O)NCC1(c2ccccn2)CCC1. The summed E-state index contributed by atoms with van der Waals surface area (Å²) in [5.74, 6) is 0. The summed E-state index contributed by atoms with van der Waals surface area (Å²) in [6.45, 7) is 3.35. The highest BCUT2D eigenvalue weighted by Gasteiger charge is 2.40. The van der Waals surface area contributed by atoms with E-state index in [0.717, 1.165) is 18.5 Å². The molecule has 1 aromatic carbocycles. The number of amides is 2. The molecule has 0 aliphatic heterocycles. The normalized spacial score (nSPS) is 15.4. The zero-order valence-corrected chi connectivity index (χ0v) is 14.5. The third kappa shape index (κ3) is 3.42. The summed E-state index contributed by atoms with van der Waals surface area (Å²) in [6, 6.07) is 14.2. The molecule has 2 aromatic rings. The first-order valence-corrected chi connectivity index (χ1v) is 8.56. The molecule has 1 saturated carbocycles. The number of pyridine rings is 1. The highest BCUT2D eigenvalue weighted by Crippen LogP contribution is 2.42. The summed E-state index contributed by atoms with van der Waals surface area (Å²) < 4.78 is 0. The predicted molar refractivity (Wildman–Crippen MR) is 95.8 cm³/mol. The number of rotatable bonds is 5. The van der Waals surface area contributed by atoms with Crippen LogP contribution in [-0.2, 0) is 12.0 Å². The predicted octanol–water partition coefficient (Wildman–Crippen LogP) is 3.65. The van der Waals surface area contributed by atoms with Crippen LogP contribution in [0.1, 0.15) is 36.1 Å². The van der Waals surface area contributed by atoms with Crippen molar-refractivity contribution in [1.29, 1.82) is 0 Å². The molecule has 2 amide bonds. The summed E-state index contributed by atoms with van der Waals surface area (Å²) in [4.78, 5) is 18.7. The quantitative estimate of drug-likeness (QED) is 0.913. The molecule has 0 spiro atoms. The van der Waals surface area contributed by atoms with Crippen molar-refractivity contribution >= 4 is 6.03 Å². The molecule has 1 fully saturated rings. The first-order valence-electron chi connectivity index (χ1n) is 8.56. The van der Waals surface area contributed by atoms with Gasteiger partial charge in [-0.1, -0.05) is 36.8 Å². The van der Waals surface area contributed by atoms with Gasteiger partial charge in [-0.25, -0.2) is 4.79 Å². The maximum atomic E-state index is 12.5. The van der Waals surface area contributed by atoms with Gasteiger partial charge in [0.25, 0.3) is 0 Å². The molecule has 126 valence electrons. The number of aryl methyl sites for hydroxylation is 1. The van der Waals surface area contributed by atoms with Crippen molar-refractivity contribution in [1.82, 2.24) is 15.2 Å². The standard InChI is InChI=1S/C20H25N3O/c1-16-8-3-4-9-17(16)14-23(2)19(24)22-15-20(11-7-12-20)18-10-5-6-13-21-18/h3-6,8-10,13H,7,11-12,14-15H2,1-2H3,(H,22,24). The van der Waals surface area contributed by atoms with E-state index >= 15 is 0 Å². The summed E-state index contributed by atoms with van der Waals surface area (Å²) in [6.07, 6.45) is 5.21. The first-order chi connectivity index (χ1) is 11.6. The summed E-state index contributed by atoms with van der Waals surface area (Å²) in [5.41, 5.74) is 3.50. The Morgan fingerprint density at radius 3 is 2.58 bits per heavy atom. The number of carbonyl (C=O) groups is 1. The Kier molecular flexibility index (Phi) is 4.84. The molecule has 1 N–H and O–H groups in total. The van der Waals surface area contributed by atoms with Crippen molar-refractivity contribution in [3.8, 4) is 0 Å². The van der Waals surface area contributed by atoms with E-state index < -0.39 is 0 Å². The monoisotopic (exact) mass is 323 g/mol. The van der Waals surface area contributed by atoms with Crippen molar-refractivity contribution in [2.75, 3.05) is 13.6 Å². The van der Waals surface area contributed by atoms with Crippen LogP contribution >= 0.6 is 0 Å². The number of benzene rings is 1. The van der Waals surface area contributed by atoms with E-state index in [1.165, 1.54) is 17.5 Å². The fourth-order valence-electron chi connectivity index (χ4n) is 3.30. The number of hydrogen-bond donors (Lipinski definition) is 1. The Morgan fingerprint density at radius 1 is 1.21 bits per heavy atom. The molecule has 4 heteroatoms. The Labute approximate surface area is 143 Å². The highest BCUT2D eigenvalue weighted by molar-refractivity contribution is 5.74. The van der Waals surface area contributed by atoms with Gasteiger partial charge in [0.1, 0.15) is 0 Å². The lowest BCUT2D eigenvalue weighted by Crippen LogP contribution is -2.48. The van der Waals surface area contributed by atoms with Gasteiger partial charge in [0.05, 0.1) is 0 Å². The van der Waals surface area contributed by atoms with Gasteiger partial charge in [0.15, 0.2) is 0 Å². The minimum absolute atomic E-state index is 0.0143. The van der Waals surface area contributed by atoms with Gasteiger partial charge in [-0.2, -0.15) is 0 Å². The van der Waals surface area contributed by atoms with Crippen molar-refractivity contribution in [3.05, 3.63) is 65.5 Å². The van der Waals surface area contributed by atoms with Crippen LogP contribution in [0.5, 0.6) is 0 Å². The average Bonchev–Trinajstić information content (AvgIpc) is 2.56. The molecule has 1 heterocycles. The number of urea groups is 1. The van der Waals surface area contributed by atoms with Gasteiger partial charge in [0.2, 0.25) is 0 Å². The zero-order valence-electron chi connectivity index (χ0n) is 14.5. The molecule has 0 saturated heterocycles. The molecular weight excluding hydrogens is 298 g/mol. The van der Waals surface area contributed by atoms with E-state index in [1.54, 1.807) is 4.90 Å². The Hall–Kier alpha value is -2.36. The molecule has 0 radical (unpaired) electrons. The summed E-state index contributed by atoms with van der Waals surface area (Å²) in [5, 5.41) is 3.11. The summed E-state index contributed by atoms with van der Waals surface area (Å²) >= 11 is 0. The lowest BCUT2D eigenvalue weighted by molar-refractivity contribution is 0.188. The molecule has 1 aliphatic carbocycles. The second-order valence-electron chi connectivity index (χ2n) is 6.79. The van der Waals surface area contributed by atoms with E-state index in [1.807, 2.05) is 37.5 Å². The molecule has 1 aromatic heterocycles. The Bertz CT molecular complexity index is 695. The molecule has 4 nitrogen and oxygen atoms in total. The minimum Gasteiger partial charge on any atom is -0.337 e. The van der Waals surface area contributed by atoms with Crippen LogP contribution in [0, 0.1) is 6.92 Å². The van der Waals surface area contributed by atoms with E-state index in [0.29, 0.717) is 13.1 Å². The van der Waals surface area contributed by atoms with Crippen LogP contribution in [-0.4, -0.2) is 29.5 Å². The van der Waals surface area contributed by atoms with E-state index in [4.69, 9.17) is 0 Å². The lowest BCUT2D eigenvalue weighted by atomic mass is 9.66. The zero-order chi connectivity index (χ0) is 17.0. The van der Waals surface area contributed by atoms with Gasteiger partial charge in [-0.05, 0) is 43.0 Å². The summed E-state index contributed by atoms with van der Waals surface area (Å²) in [7, 11) is 1.84. The van der Waals surface area contributed by atoms with Crippen molar-refractivity contribution in [3.63, 3.8) is 0 Å². The van der Waals surface area contributed by atoms with Gasteiger partial charge >= 0.3 is 6.03 Å². The number of nitrogens with zero attached hydrogens (tertiary/aromatic N) is 2. The topological polar surface area (TPSA) is 45.2 Å². The average molecular weight is 323 g/mol. The van der Waals surface area contributed by atoms with Crippen molar-refractivity contribution < 1.29 is 4.79 Å². The molecular formula is C20H25N3O. The molecule has 3 rings (SSSR count). The second-order valence-corrected chi connectivity index (χ2v) is 6.79. The smallest absolute Gasteiger partial charge is 0.317 e. The van der Waals surface area contributed by atoms with E-state index in [2.05, 4.69) is 35.4 Å². The van der Waals surface area contributed by atoms with Gasteiger partial charge in [-0.3, -0.25) is 4.98 Å². The fourth-order valence-corrected chi connectivity index (χ4v) is 3.30. The second kappa shape index (κ2) is 7.04. The Morgan fingerprint density at radius 2 is 1.96 bits per heavy atom. The Balaban J connectivity index is 1.59. The van der Waals surface area contributed by atoms with Crippen molar-refractivity contribution in [2.24, 2.45) is 0 Å². The first kappa shape index (κ1) is 16.5. The van der Waals surface area contributed by atoms with Gasteiger partial charge in [0, 0.05) is 37.4 Å². The molecule has 0 atom stereocenters.